The second-order valence-electron chi connectivity index (χ2n) is 5.13. The Morgan fingerprint density at radius 1 is 1.30 bits per heavy atom. The number of halogens is 1. The molecule has 120 valence electrons. The largest absolute Gasteiger partial charge is 0.496 e. The number of H-pyrrole nitrogens is 1. The normalized spacial score (nSPS) is 11.1. The van der Waals surface area contributed by atoms with Gasteiger partial charge < -0.3 is 4.74 Å². The fourth-order valence-corrected chi connectivity index (χ4v) is 3.51. The Labute approximate surface area is 135 Å². The van der Waals surface area contributed by atoms with Crippen molar-refractivity contribution in [3.8, 4) is 16.9 Å². The van der Waals surface area contributed by atoms with Gasteiger partial charge in [0.1, 0.15) is 17.3 Å². The van der Waals surface area contributed by atoms with Gasteiger partial charge in [-0.15, -0.1) is 11.3 Å². The van der Waals surface area contributed by atoms with Crippen LogP contribution in [-0.2, 0) is 6.54 Å². The van der Waals surface area contributed by atoms with Crippen molar-refractivity contribution in [2.24, 2.45) is 0 Å². The molecule has 3 rings (SSSR count). The predicted octanol–water partition coefficient (Wildman–Crippen LogP) is 2.70. The Kier molecular flexibility index (Phi) is 4.04. The lowest BCUT2D eigenvalue weighted by atomic mass is 10.0. The van der Waals surface area contributed by atoms with Crippen LogP contribution in [0.5, 0.6) is 5.75 Å². The van der Waals surface area contributed by atoms with E-state index in [1.165, 1.54) is 11.3 Å². The molecule has 1 aromatic carbocycles. The van der Waals surface area contributed by atoms with Gasteiger partial charge in [-0.05, 0) is 19.1 Å². The fourth-order valence-electron chi connectivity index (χ4n) is 2.57. The average molecular weight is 334 g/mol. The van der Waals surface area contributed by atoms with Crippen molar-refractivity contribution < 1.29 is 9.13 Å². The molecule has 0 atom stereocenters. The van der Waals surface area contributed by atoms with E-state index in [9.17, 15) is 14.0 Å². The highest BCUT2D eigenvalue weighted by Crippen LogP contribution is 2.36. The maximum absolute atomic E-state index is 12.6. The number of alkyl halides is 1. The minimum atomic E-state index is -0.776. The molecule has 0 bridgehead atoms. The topological polar surface area (TPSA) is 64.1 Å². The number of hydrogen-bond donors (Lipinski definition) is 1. The van der Waals surface area contributed by atoms with Crippen LogP contribution in [0.4, 0.5) is 4.39 Å². The van der Waals surface area contributed by atoms with E-state index in [0.29, 0.717) is 21.5 Å². The van der Waals surface area contributed by atoms with E-state index in [1.807, 2.05) is 25.1 Å². The summed E-state index contributed by atoms with van der Waals surface area (Å²) in [5.41, 5.74) is 1.40. The van der Waals surface area contributed by atoms with Crippen molar-refractivity contribution in [1.82, 2.24) is 9.55 Å². The summed E-state index contributed by atoms with van der Waals surface area (Å²) in [5, 5.41) is 2.19. The first-order valence-electron chi connectivity index (χ1n) is 7.02. The minimum Gasteiger partial charge on any atom is -0.496 e. The Bertz CT molecular complexity index is 987. The summed E-state index contributed by atoms with van der Waals surface area (Å²) in [7, 11) is 1.56. The maximum atomic E-state index is 12.6. The third-order valence-electron chi connectivity index (χ3n) is 3.67. The minimum absolute atomic E-state index is 0.260. The number of nitrogens with zero attached hydrogens (tertiary/aromatic N) is 1. The lowest BCUT2D eigenvalue weighted by molar-refractivity contribution is 0.416. The van der Waals surface area contributed by atoms with Gasteiger partial charge in [0.2, 0.25) is 0 Å². The highest BCUT2D eigenvalue weighted by Gasteiger charge is 2.17. The second kappa shape index (κ2) is 6.00. The van der Waals surface area contributed by atoms with Crippen molar-refractivity contribution in [2.75, 3.05) is 13.8 Å². The molecular weight excluding hydrogens is 319 g/mol. The third kappa shape index (κ3) is 2.57. The number of ether oxygens (including phenoxy) is 1. The molecule has 5 nitrogen and oxygen atoms in total. The molecule has 0 fully saturated rings. The van der Waals surface area contributed by atoms with Gasteiger partial charge in [0, 0.05) is 16.5 Å². The van der Waals surface area contributed by atoms with Gasteiger partial charge in [-0.2, -0.15) is 0 Å². The van der Waals surface area contributed by atoms with E-state index in [2.05, 4.69) is 4.98 Å². The van der Waals surface area contributed by atoms with Gasteiger partial charge in [-0.1, -0.05) is 11.6 Å². The molecule has 0 aliphatic carbocycles. The molecule has 23 heavy (non-hydrogen) atoms. The molecule has 0 aliphatic heterocycles. The molecule has 2 aromatic heterocycles. The number of benzene rings is 1. The molecule has 0 radical (unpaired) electrons. The number of rotatable bonds is 4. The average Bonchev–Trinajstić information content (AvgIpc) is 2.95. The van der Waals surface area contributed by atoms with E-state index in [1.54, 1.807) is 12.5 Å². The number of thiophene rings is 1. The Hall–Kier alpha value is -2.41. The second-order valence-corrected chi connectivity index (χ2v) is 6.01. The number of hydrogen-bond acceptors (Lipinski definition) is 4. The van der Waals surface area contributed by atoms with Gasteiger partial charge in [-0.3, -0.25) is 14.3 Å². The quantitative estimate of drug-likeness (QED) is 0.798. The number of nitrogens with one attached hydrogen (secondary N) is 1. The SMILES string of the molecule is COc1ccc(C)cc1-c1csc2[nH]c(=O)n(CCF)c(=O)c12. The van der Waals surface area contributed by atoms with Crippen molar-refractivity contribution in [1.29, 1.82) is 0 Å². The van der Waals surface area contributed by atoms with Crippen molar-refractivity contribution in [2.45, 2.75) is 13.5 Å². The molecule has 1 N–H and O–H groups in total. The smallest absolute Gasteiger partial charge is 0.329 e. The maximum Gasteiger partial charge on any atom is 0.329 e. The van der Waals surface area contributed by atoms with Crippen LogP contribution in [-0.4, -0.2) is 23.3 Å². The van der Waals surface area contributed by atoms with Gasteiger partial charge in [0.15, 0.2) is 0 Å². The Morgan fingerprint density at radius 2 is 2.09 bits per heavy atom. The van der Waals surface area contributed by atoms with Crippen LogP contribution in [0, 0.1) is 6.92 Å². The van der Waals surface area contributed by atoms with Gasteiger partial charge in [0.25, 0.3) is 5.56 Å². The lowest BCUT2D eigenvalue weighted by Gasteiger charge is -2.09. The standard InChI is InChI=1S/C16H15FN2O3S/c1-9-3-4-12(22-2)10(7-9)11-8-23-14-13(11)15(20)19(6-5-17)16(21)18-14/h3-4,7-8H,5-6H2,1-2H3,(H,18,21). The molecule has 7 heteroatoms. The summed E-state index contributed by atoms with van der Waals surface area (Å²) in [5.74, 6) is 0.637. The van der Waals surface area contributed by atoms with Gasteiger partial charge in [0.05, 0.1) is 19.0 Å². The van der Waals surface area contributed by atoms with E-state index in [4.69, 9.17) is 4.74 Å². The van der Waals surface area contributed by atoms with Crippen LogP contribution >= 0.6 is 11.3 Å². The molecular formula is C16H15FN2O3S. The van der Waals surface area contributed by atoms with E-state index in [0.717, 1.165) is 15.7 Å². The summed E-state index contributed by atoms with van der Waals surface area (Å²) >= 11 is 1.27. The summed E-state index contributed by atoms with van der Waals surface area (Å²) in [6, 6.07) is 5.67. The van der Waals surface area contributed by atoms with Crippen molar-refractivity contribution in [3.63, 3.8) is 0 Å². The fraction of sp³-hybridized carbons (Fsp3) is 0.250. The van der Waals surface area contributed by atoms with Crippen LogP contribution in [0.1, 0.15) is 5.56 Å². The molecule has 0 saturated carbocycles. The molecule has 0 aliphatic rings. The molecule has 0 amide bonds. The highest BCUT2D eigenvalue weighted by atomic mass is 32.1. The van der Waals surface area contributed by atoms with Crippen LogP contribution < -0.4 is 16.0 Å². The number of methoxy groups -OCH3 is 1. The van der Waals surface area contributed by atoms with Gasteiger partial charge >= 0.3 is 5.69 Å². The van der Waals surface area contributed by atoms with E-state index in [-0.39, 0.29) is 6.54 Å². The van der Waals surface area contributed by atoms with Crippen molar-refractivity contribution in [3.05, 3.63) is 50.0 Å². The summed E-state index contributed by atoms with van der Waals surface area (Å²) in [6.07, 6.45) is 0. The summed E-state index contributed by atoms with van der Waals surface area (Å²) in [4.78, 5) is 27.6. The number of aromatic nitrogens is 2. The number of aryl methyl sites for hydroxylation is 1. The number of fused-ring (bicyclic) bond motifs is 1. The van der Waals surface area contributed by atoms with Crippen LogP contribution in [0.3, 0.4) is 0 Å². The first-order valence-corrected chi connectivity index (χ1v) is 7.90. The third-order valence-corrected chi connectivity index (χ3v) is 4.56. The molecule has 0 saturated heterocycles. The lowest BCUT2D eigenvalue weighted by Crippen LogP contribution is -2.35. The van der Waals surface area contributed by atoms with Crippen molar-refractivity contribution >= 4 is 21.6 Å². The monoisotopic (exact) mass is 334 g/mol. The molecule has 0 unspecified atom stereocenters. The summed E-state index contributed by atoms with van der Waals surface area (Å²) in [6.45, 7) is 0.910. The Morgan fingerprint density at radius 3 is 2.78 bits per heavy atom. The van der Waals surface area contributed by atoms with Crippen LogP contribution in [0.15, 0.2) is 33.2 Å². The number of aromatic amines is 1. The van der Waals surface area contributed by atoms with Gasteiger partial charge in [-0.25, -0.2) is 9.18 Å². The Balaban J connectivity index is 2.36. The molecule has 2 heterocycles. The summed E-state index contributed by atoms with van der Waals surface area (Å²) < 4.78 is 18.9. The van der Waals surface area contributed by atoms with E-state index >= 15 is 0 Å². The highest BCUT2D eigenvalue weighted by molar-refractivity contribution is 7.17. The first-order chi connectivity index (χ1) is 11.1. The predicted molar refractivity (Wildman–Crippen MR) is 89.4 cm³/mol. The molecule has 3 aromatic rings. The van der Waals surface area contributed by atoms with E-state index < -0.39 is 17.9 Å². The zero-order valence-electron chi connectivity index (χ0n) is 12.7. The van der Waals surface area contributed by atoms with Crippen LogP contribution in [0.25, 0.3) is 21.3 Å². The van der Waals surface area contributed by atoms with Crippen LogP contribution in [0.2, 0.25) is 0 Å². The molecule has 0 spiro atoms. The zero-order chi connectivity index (χ0) is 16.6. The zero-order valence-corrected chi connectivity index (χ0v) is 13.5. The first kappa shape index (κ1) is 15.5.